The lowest BCUT2D eigenvalue weighted by Gasteiger charge is -2.17. The van der Waals surface area contributed by atoms with Gasteiger partial charge in [0.05, 0.1) is 5.56 Å². The second-order valence-electron chi connectivity index (χ2n) is 4.77. The van der Waals surface area contributed by atoms with Crippen molar-refractivity contribution in [2.24, 2.45) is 0 Å². The summed E-state index contributed by atoms with van der Waals surface area (Å²) in [5.41, 5.74) is 3.13. The molecular weight excluding hydrogens is 240 g/mol. The van der Waals surface area contributed by atoms with Gasteiger partial charge in [0, 0.05) is 23.1 Å². The number of H-pyrrole nitrogens is 1. The molecule has 0 bridgehead atoms. The van der Waals surface area contributed by atoms with Crippen LogP contribution < -0.4 is 0 Å². The van der Waals surface area contributed by atoms with Crippen molar-refractivity contribution < 1.29 is 9.90 Å². The molecule has 102 valence electrons. The van der Waals surface area contributed by atoms with Gasteiger partial charge in [0.25, 0.3) is 0 Å². The third kappa shape index (κ3) is 2.63. The van der Waals surface area contributed by atoms with Gasteiger partial charge in [0.1, 0.15) is 0 Å². The number of aromatic carboxylic acids is 1. The van der Waals surface area contributed by atoms with Crippen molar-refractivity contribution in [1.29, 1.82) is 0 Å². The summed E-state index contributed by atoms with van der Waals surface area (Å²) in [5, 5.41) is 10.1. The van der Waals surface area contributed by atoms with Crippen LogP contribution in [0.2, 0.25) is 0 Å². The largest absolute Gasteiger partial charge is 0.478 e. The summed E-state index contributed by atoms with van der Waals surface area (Å²) in [4.78, 5) is 16.7. The minimum atomic E-state index is -0.872. The molecule has 0 aliphatic carbocycles. The summed E-state index contributed by atoms with van der Waals surface area (Å²) in [7, 11) is 0. The summed E-state index contributed by atoms with van der Waals surface area (Å²) in [6.45, 7) is 8.90. The van der Waals surface area contributed by atoms with Crippen LogP contribution in [0.3, 0.4) is 0 Å². The molecule has 2 aromatic rings. The Labute approximate surface area is 113 Å². The molecule has 0 radical (unpaired) electrons. The standard InChI is InChI=1S/C15H20N2O2/c1-4-17(5-2)9-11-6-7-13-12(8-11)14(15(18)19)10(3)16-13/h6-8,16H,4-5,9H2,1-3H3,(H,18,19). The number of carbonyl (C=O) groups is 1. The molecule has 0 saturated carbocycles. The van der Waals surface area contributed by atoms with E-state index in [9.17, 15) is 9.90 Å². The summed E-state index contributed by atoms with van der Waals surface area (Å²) in [6, 6.07) is 6.01. The lowest BCUT2D eigenvalue weighted by molar-refractivity contribution is 0.0698. The lowest BCUT2D eigenvalue weighted by Crippen LogP contribution is -2.22. The molecular formula is C15H20N2O2. The predicted molar refractivity (Wildman–Crippen MR) is 76.6 cm³/mol. The molecule has 0 amide bonds. The van der Waals surface area contributed by atoms with E-state index in [1.165, 1.54) is 0 Å². The predicted octanol–water partition coefficient (Wildman–Crippen LogP) is 3.02. The van der Waals surface area contributed by atoms with E-state index in [1.807, 2.05) is 12.1 Å². The Balaban J connectivity index is 2.44. The third-order valence-corrected chi connectivity index (χ3v) is 3.56. The van der Waals surface area contributed by atoms with Gasteiger partial charge in [-0.3, -0.25) is 4.90 Å². The van der Waals surface area contributed by atoms with Crippen LogP contribution in [-0.4, -0.2) is 34.0 Å². The normalized spacial score (nSPS) is 11.4. The number of aryl methyl sites for hydroxylation is 1. The van der Waals surface area contributed by atoms with Crippen molar-refractivity contribution in [1.82, 2.24) is 9.88 Å². The van der Waals surface area contributed by atoms with Crippen LogP contribution in [0.15, 0.2) is 18.2 Å². The number of nitrogens with zero attached hydrogens (tertiary/aromatic N) is 1. The van der Waals surface area contributed by atoms with Gasteiger partial charge in [-0.2, -0.15) is 0 Å². The van der Waals surface area contributed by atoms with Crippen molar-refractivity contribution in [3.63, 3.8) is 0 Å². The highest BCUT2D eigenvalue weighted by atomic mass is 16.4. The molecule has 2 N–H and O–H groups in total. The number of carboxylic acid groups (broad SMARTS) is 1. The van der Waals surface area contributed by atoms with E-state index >= 15 is 0 Å². The maximum absolute atomic E-state index is 11.3. The summed E-state index contributed by atoms with van der Waals surface area (Å²) < 4.78 is 0. The fourth-order valence-corrected chi connectivity index (χ4v) is 2.45. The summed E-state index contributed by atoms with van der Waals surface area (Å²) in [5.74, 6) is -0.872. The molecule has 0 spiro atoms. The van der Waals surface area contributed by atoms with Crippen LogP contribution in [-0.2, 0) is 6.54 Å². The minimum Gasteiger partial charge on any atom is -0.478 e. The van der Waals surface area contributed by atoms with E-state index in [1.54, 1.807) is 6.92 Å². The maximum Gasteiger partial charge on any atom is 0.338 e. The average molecular weight is 260 g/mol. The van der Waals surface area contributed by atoms with Crippen LogP contribution in [0.4, 0.5) is 0 Å². The number of benzene rings is 1. The highest BCUT2D eigenvalue weighted by molar-refractivity contribution is 6.04. The second kappa shape index (κ2) is 5.45. The quantitative estimate of drug-likeness (QED) is 0.868. The van der Waals surface area contributed by atoms with E-state index in [0.29, 0.717) is 11.3 Å². The van der Waals surface area contributed by atoms with Gasteiger partial charge < -0.3 is 10.1 Å². The zero-order chi connectivity index (χ0) is 14.0. The molecule has 1 aromatic heterocycles. The Bertz CT molecular complexity index is 597. The summed E-state index contributed by atoms with van der Waals surface area (Å²) in [6.07, 6.45) is 0. The number of aromatic amines is 1. The molecule has 0 atom stereocenters. The Morgan fingerprint density at radius 3 is 2.58 bits per heavy atom. The van der Waals surface area contributed by atoms with Gasteiger partial charge in [-0.1, -0.05) is 19.9 Å². The second-order valence-corrected chi connectivity index (χ2v) is 4.77. The van der Waals surface area contributed by atoms with Crippen LogP contribution in [0, 0.1) is 6.92 Å². The van der Waals surface area contributed by atoms with Gasteiger partial charge >= 0.3 is 5.97 Å². The molecule has 0 aliphatic heterocycles. The molecule has 19 heavy (non-hydrogen) atoms. The Hall–Kier alpha value is -1.81. The Kier molecular flexibility index (Phi) is 3.90. The first-order valence-electron chi connectivity index (χ1n) is 6.63. The van der Waals surface area contributed by atoms with E-state index in [0.717, 1.165) is 36.1 Å². The van der Waals surface area contributed by atoms with Crippen LogP contribution in [0.5, 0.6) is 0 Å². The molecule has 0 saturated heterocycles. The van der Waals surface area contributed by atoms with Gasteiger partial charge in [0.2, 0.25) is 0 Å². The van der Waals surface area contributed by atoms with E-state index in [4.69, 9.17) is 0 Å². The Morgan fingerprint density at radius 1 is 1.32 bits per heavy atom. The number of hydrogen-bond acceptors (Lipinski definition) is 2. The highest BCUT2D eigenvalue weighted by Gasteiger charge is 2.15. The molecule has 0 fully saturated rings. The molecule has 0 aliphatic rings. The smallest absolute Gasteiger partial charge is 0.338 e. The molecule has 2 rings (SSSR count). The van der Waals surface area contributed by atoms with E-state index < -0.39 is 5.97 Å². The van der Waals surface area contributed by atoms with Crippen LogP contribution in [0.1, 0.15) is 35.5 Å². The van der Waals surface area contributed by atoms with E-state index in [-0.39, 0.29) is 0 Å². The first-order valence-corrected chi connectivity index (χ1v) is 6.63. The van der Waals surface area contributed by atoms with E-state index in [2.05, 4.69) is 29.8 Å². The SMILES string of the molecule is CCN(CC)Cc1ccc2[nH]c(C)c(C(=O)O)c2c1. The lowest BCUT2D eigenvalue weighted by atomic mass is 10.1. The van der Waals surface area contributed by atoms with Gasteiger partial charge in [-0.25, -0.2) is 4.79 Å². The number of nitrogens with one attached hydrogen (secondary N) is 1. The van der Waals surface area contributed by atoms with Gasteiger partial charge in [0.15, 0.2) is 0 Å². The first kappa shape index (κ1) is 13.6. The molecule has 4 nitrogen and oxygen atoms in total. The fraction of sp³-hybridized carbons (Fsp3) is 0.400. The summed E-state index contributed by atoms with van der Waals surface area (Å²) >= 11 is 0. The Morgan fingerprint density at radius 2 is 2.00 bits per heavy atom. The first-order chi connectivity index (χ1) is 9.06. The topological polar surface area (TPSA) is 56.3 Å². The average Bonchev–Trinajstić information content (AvgIpc) is 2.71. The highest BCUT2D eigenvalue weighted by Crippen LogP contribution is 2.24. The number of aromatic nitrogens is 1. The monoisotopic (exact) mass is 260 g/mol. The number of carboxylic acids is 1. The van der Waals surface area contributed by atoms with Crippen molar-refractivity contribution >= 4 is 16.9 Å². The minimum absolute atomic E-state index is 0.386. The third-order valence-electron chi connectivity index (χ3n) is 3.56. The molecule has 1 aromatic carbocycles. The molecule has 4 heteroatoms. The van der Waals surface area contributed by atoms with Crippen LogP contribution in [0.25, 0.3) is 10.9 Å². The van der Waals surface area contributed by atoms with Crippen molar-refractivity contribution in [3.05, 3.63) is 35.0 Å². The zero-order valence-corrected chi connectivity index (χ0v) is 11.7. The van der Waals surface area contributed by atoms with Crippen LogP contribution >= 0.6 is 0 Å². The number of hydrogen-bond donors (Lipinski definition) is 2. The zero-order valence-electron chi connectivity index (χ0n) is 11.7. The van der Waals surface area contributed by atoms with Crippen molar-refractivity contribution in [2.75, 3.05) is 13.1 Å². The molecule has 1 heterocycles. The van der Waals surface area contributed by atoms with Gasteiger partial charge in [-0.15, -0.1) is 0 Å². The number of fused-ring (bicyclic) bond motifs is 1. The van der Waals surface area contributed by atoms with Crippen molar-refractivity contribution in [2.45, 2.75) is 27.3 Å². The maximum atomic E-state index is 11.3. The fourth-order valence-electron chi connectivity index (χ4n) is 2.45. The van der Waals surface area contributed by atoms with Crippen molar-refractivity contribution in [3.8, 4) is 0 Å². The van der Waals surface area contributed by atoms with Gasteiger partial charge in [-0.05, 0) is 37.7 Å². The molecule has 0 unspecified atom stereocenters. The number of rotatable bonds is 5.